The first kappa shape index (κ1) is 38.7. The van der Waals surface area contributed by atoms with E-state index in [0.29, 0.717) is 0 Å². The van der Waals surface area contributed by atoms with Crippen molar-refractivity contribution in [3.8, 4) is 0 Å². The Labute approximate surface area is 210 Å². The zero-order chi connectivity index (χ0) is 26.6. The summed E-state index contributed by atoms with van der Waals surface area (Å²) in [6.07, 6.45) is 3.18. The summed E-state index contributed by atoms with van der Waals surface area (Å²) in [5.41, 5.74) is 0. The monoisotopic (exact) mass is 533 g/mol. The molecule has 0 heterocycles. The number of carbonyl (C=O) groups is 3. The fourth-order valence-electron chi connectivity index (χ4n) is 1.60. The zero-order valence-electron chi connectivity index (χ0n) is 20.3. The molecule has 0 aliphatic rings. The van der Waals surface area contributed by atoms with Crippen molar-refractivity contribution >= 4 is 17.3 Å². The quantitative estimate of drug-likeness (QED) is 0.0910. The summed E-state index contributed by atoms with van der Waals surface area (Å²) in [5, 5.41) is 59.9. The predicted molar refractivity (Wildman–Crippen MR) is 123 cm³/mol. The summed E-state index contributed by atoms with van der Waals surface area (Å²) in [4.78, 5) is 31.2. The number of ketones is 3. The topological polar surface area (TPSA) is 209 Å². The Balaban J connectivity index is -0.000000196. The maximum atomic E-state index is 10.4. The second-order valence-corrected chi connectivity index (χ2v) is 7.10. The van der Waals surface area contributed by atoms with Crippen LogP contribution in [0.4, 0.5) is 0 Å². The van der Waals surface area contributed by atoms with Crippen molar-refractivity contribution in [3.05, 3.63) is 35.9 Å². The average molecular weight is 533 g/mol. The van der Waals surface area contributed by atoms with E-state index in [2.05, 4.69) is 16.0 Å². The van der Waals surface area contributed by atoms with E-state index in [0.717, 1.165) is 18.2 Å². The molecule has 0 amide bonds. The van der Waals surface area contributed by atoms with Crippen LogP contribution in [-0.4, -0.2) is 85.9 Å². The van der Waals surface area contributed by atoms with Crippen LogP contribution >= 0.6 is 0 Å². The molecule has 0 aromatic heterocycles. The molecular weight excluding hydrogens is 494 g/mol. The van der Waals surface area contributed by atoms with E-state index >= 15 is 0 Å². The molecule has 0 aromatic carbocycles. The molecule has 0 radical (unpaired) electrons. The first-order chi connectivity index (χ1) is 15.2. The molecule has 12 nitrogen and oxygen atoms in total. The van der Waals surface area contributed by atoms with Crippen LogP contribution in [0.15, 0.2) is 35.9 Å². The fraction of sp³-hybridized carbons (Fsp3) is 0.571. The smallest absolute Gasteiger partial charge is 0.187 e. The van der Waals surface area contributed by atoms with Crippen LogP contribution in [0, 0.1) is 0 Å². The van der Waals surface area contributed by atoms with E-state index in [1.165, 1.54) is 20.8 Å². The van der Waals surface area contributed by atoms with Crippen molar-refractivity contribution in [2.24, 2.45) is 0 Å². The van der Waals surface area contributed by atoms with Crippen molar-refractivity contribution in [2.45, 2.75) is 59.7 Å². The van der Waals surface area contributed by atoms with Crippen LogP contribution in [-0.2, 0) is 31.5 Å². The number of aliphatic hydroxyl groups is 6. The Morgan fingerprint density at radius 2 is 0.765 bits per heavy atom. The molecule has 0 aliphatic carbocycles. The molecule has 34 heavy (non-hydrogen) atoms. The predicted octanol–water partition coefficient (Wildman–Crippen LogP) is -0.167. The first-order valence-electron chi connectivity index (χ1n) is 10.0. The van der Waals surface area contributed by atoms with E-state index in [1.54, 1.807) is 20.8 Å². The Morgan fingerprint density at radius 1 is 0.588 bits per heavy atom. The largest absolute Gasteiger partial charge is 0.495 e. The van der Waals surface area contributed by atoms with Crippen LogP contribution in [0.1, 0.15) is 41.5 Å². The van der Waals surface area contributed by atoms with Gasteiger partial charge < -0.3 is 46.6 Å². The molecule has 0 fully saturated rings. The number of allylic oxidation sites excluding steroid dienone is 3. The van der Waals surface area contributed by atoms with E-state index < -0.39 is 0 Å². The molecular formula is C21H39FeN3O9. The van der Waals surface area contributed by atoms with E-state index in [9.17, 15) is 14.4 Å². The van der Waals surface area contributed by atoms with Crippen LogP contribution in [0.2, 0.25) is 0 Å². The normalized spacial score (nSPS) is 13.9. The van der Waals surface area contributed by atoms with Crippen molar-refractivity contribution in [3.63, 3.8) is 0 Å². The number of hydrogen-bond donors (Lipinski definition) is 9. The van der Waals surface area contributed by atoms with Gasteiger partial charge in [0.2, 0.25) is 0 Å². The van der Waals surface area contributed by atoms with Gasteiger partial charge in [0.15, 0.2) is 35.0 Å². The number of aliphatic hydroxyl groups excluding tert-OH is 6. The SMILES string of the molecule is CC(=O)C=C(O)NC(C)CO.CC(=O)C=C(O)NC(C)CO.CC(=O)C=C(O)NC(C)CO.[Fe]. The summed E-state index contributed by atoms with van der Waals surface area (Å²) in [7, 11) is 0. The molecule has 0 saturated carbocycles. The second-order valence-electron chi connectivity index (χ2n) is 7.10. The molecule has 0 saturated heterocycles. The third kappa shape index (κ3) is 31.6. The molecule has 3 unspecified atom stereocenters. The number of carbonyl (C=O) groups excluding carboxylic acids is 3. The van der Waals surface area contributed by atoms with E-state index in [-0.39, 0.29) is 90.0 Å². The summed E-state index contributed by atoms with van der Waals surface area (Å²) >= 11 is 0. The van der Waals surface area contributed by atoms with Gasteiger partial charge in [-0.3, -0.25) is 14.4 Å². The van der Waals surface area contributed by atoms with Gasteiger partial charge in [0.05, 0.1) is 19.8 Å². The minimum atomic E-state index is -0.245. The zero-order valence-corrected chi connectivity index (χ0v) is 21.5. The van der Waals surface area contributed by atoms with Gasteiger partial charge >= 0.3 is 0 Å². The van der Waals surface area contributed by atoms with E-state index in [1.807, 2.05) is 0 Å². The minimum Gasteiger partial charge on any atom is -0.495 e. The number of nitrogens with one attached hydrogen (secondary N) is 3. The molecule has 0 aliphatic heterocycles. The van der Waals surface area contributed by atoms with Crippen molar-refractivity contribution in [2.75, 3.05) is 19.8 Å². The standard InChI is InChI=1S/3C7H13NO3.Fe/c3*1-5(4-9)8-7(11)3-6(2)10;/h3*3,5,8-9,11H,4H2,1-2H3;. The molecule has 200 valence electrons. The molecule has 0 bridgehead atoms. The van der Waals surface area contributed by atoms with Gasteiger partial charge in [-0.25, -0.2) is 0 Å². The van der Waals surface area contributed by atoms with Crippen LogP contribution in [0.25, 0.3) is 0 Å². The van der Waals surface area contributed by atoms with Crippen LogP contribution in [0.5, 0.6) is 0 Å². The summed E-state index contributed by atoms with van der Waals surface area (Å²) in [6.45, 7) is 8.80. The summed E-state index contributed by atoms with van der Waals surface area (Å²) in [5.74, 6) is -1.34. The molecule has 0 spiro atoms. The Kier molecular flexibility index (Phi) is 26.8. The van der Waals surface area contributed by atoms with E-state index in [4.69, 9.17) is 30.6 Å². The Hall–Kier alpha value is -2.57. The molecule has 0 rings (SSSR count). The fourth-order valence-corrected chi connectivity index (χ4v) is 1.60. The molecule has 0 aromatic rings. The van der Waals surface area contributed by atoms with Gasteiger partial charge in [-0.15, -0.1) is 0 Å². The molecule has 9 N–H and O–H groups in total. The second kappa shape index (κ2) is 23.6. The van der Waals surface area contributed by atoms with Crippen molar-refractivity contribution in [1.82, 2.24) is 16.0 Å². The number of rotatable bonds is 12. The van der Waals surface area contributed by atoms with Gasteiger partial charge in [0, 0.05) is 53.4 Å². The maximum absolute atomic E-state index is 10.4. The van der Waals surface area contributed by atoms with Gasteiger partial charge in [-0.2, -0.15) is 0 Å². The van der Waals surface area contributed by atoms with Gasteiger partial charge in [0.1, 0.15) is 0 Å². The van der Waals surface area contributed by atoms with Crippen LogP contribution < -0.4 is 16.0 Å². The Bertz CT molecular complexity index is 592. The molecule has 3 atom stereocenters. The van der Waals surface area contributed by atoms with Gasteiger partial charge in [-0.05, 0) is 41.5 Å². The minimum absolute atomic E-state index is 0. The third-order valence-electron chi connectivity index (χ3n) is 3.02. The van der Waals surface area contributed by atoms with Gasteiger partial charge in [-0.1, -0.05) is 0 Å². The van der Waals surface area contributed by atoms with Crippen molar-refractivity contribution in [1.29, 1.82) is 0 Å². The van der Waals surface area contributed by atoms with Gasteiger partial charge in [0.25, 0.3) is 0 Å². The number of hydrogen-bond acceptors (Lipinski definition) is 12. The summed E-state index contributed by atoms with van der Waals surface area (Å²) < 4.78 is 0. The molecule has 13 heteroatoms. The Morgan fingerprint density at radius 3 is 0.882 bits per heavy atom. The summed E-state index contributed by atoms with van der Waals surface area (Å²) in [6, 6.07) is -0.734. The third-order valence-corrected chi connectivity index (χ3v) is 3.02. The average Bonchev–Trinajstić information content (AvgIpc) is 2.66. The van der Waals surface area contributed by atoms with Crippen LogP contribution in [0.3, 0.4) is 0 Å². The van der Waals surface area contributed by atoms with Crippen molar-refractivity contribution < 1.29 is 62.1 Å². The maximum Gasteiger partial charge on any atom is 0.187 e. The first-order valence-corrected chi connectivity index (χ1v) is 10.0.